The Morgan fingerprint density at radius 2 is 2.16 bits per heavy atom. The first-order chi connectivity index (χ1) is 8.82. The van der Waals surface area contributed by atoms with Crippen molar-refractivity contribution in [3.05, 3.63) is 29.6 Å². The molecule has 1 saturated heterocycles. The standard InChI is InChI=1S/C12H14FNO4S/c1-8-2-3-11(10(13)6-8)19(17,18)14-5-4-9(7-14)12(15)16/h2-3,6,9H,4-5,7H2,1H3,(H,15,16). The Balaban J connectivity index is 2.31. The maximum absolute atomic E-state index is 13.7. The molecule has 0 aliphatic carbocycles. The average molecular weight is 287 g/mol. The van der Waals surface area contributed by atoms with E-state index in [1.165, 1.54) is 12.1 Å². The minimum absolute atomic E-state index is 0.104. The van der Waals surface area contributed by atoms with Crippen LogP contribution in [0.4, 0.5) is 4.39 Å². The SMILES string of the molecule is Cc1ccc(S(=O)(=O)N2CCC(C(=O)O)C2)c(F)c1. The lowest BCUT2D eigenvalue weighted by Crippen LogP contribution is -2.30. The van der Waals surface area contributed by atoms with E-state index >= 15 is 0 Å². The van der Waals surface area contributed by atoms with E-state index in [9.17, 15) is 17.6 Å². The molecular weight excluding hydrogens is 273 g/mol. The van der Waals surface area contributed by atoms with Crippen molar-refractivity contribution < 1.29 is 22.7 Å². The van der Waals surface area contributed by atoms with Crippen LogP contribution in [-0.4, -0.2) is 36.9 Å². The van der Waals surface area contributed by atoms with E-state index in [1.807, 2.05) is 0 Å². The quantitative estimate of drug-likeness (QED) is 0.907. The molecule has 19 heavy (non-hydrogen) atoms. The molecule has 0 radical (unpaired) electrons. The summed E-state index contributed by atoms with van der Waals surface area (Å²) in [4.78, 5) is 10.4. The molecule has 1 heterocycles. The fraction of sp³-hybridized carbons (Fsp3) is 0.417. The van der Waals surface area contributed by atoms with Gasteiger partial charge in [-0.1, -0.05) is 6.07 Å². The first kappa shape index (κ1) is 14.0. The molecule has 1 aromatic carbocycles. The number of aryl methyl sites for hydroxylation is 1. The van der Waals surface area contributed by atoms with Crippen molar-refractivity contribution in [2.24, 2.45) is 5.92 Å². The number of carboxylic acids is 1. The fourth-order valence-corrected chi connectivity index (χ4v) is 3.65. The van der Waals surface area contributed by atoms with Crippen LogP contribution in [0, 0.1) is 18.7 Å². The Morgan fingerprint density at radius 3 is 2.68 bits per heavy atom. The Morgan fingerprint density at radius 1 is 1.47 bits per heavy atom. The second kappa shape index (κ2) is 4.90. The zero-order valence-corrected chi connectivity index (χ0v) is 11.2. The third-order valence-corrected chi connectivity index (χ3v) is 5.10. The Labute approximate surface area is 110 Å². The van der Waals surface area contributed by atoms with Crippen molar-refractivity contribution in [1.82, 2.24) is 4.31 Å². The molecule has 1 unspecified atom stereocenters. The zero-order valence-electron chi connectivity index (χ0n) is 10.3. The highest BCUT2D eigenvalue weighted by Crippen LogP contribution is 2.26. The highest BCUT2D eigenvalue weighted by Gasteiger charge is 2.36. The van der Waals surface area contributed by atoms with E-state index < -0.39 is 32.6 Å². The van der Waals surface area contributed by atoms with Gasteiger partial charge in [-0.15, -0.1) is 0 Å². The number of sulfonamides is 1. The molecule has 7 heteroatoms. The van der Waals surface area contributed by atoms with Crippen LogP contribution in [0.15, 0.2) is 23.1 Å². The van der Waals surface area contributed by atoms with Crippen LogP contribution in [0.25, 0.3) is 0 Å². The average Bonchev–Trinajstić information content (AvgIpc) is 2.78. The lowest BCUT2D eigenvalue weighted by atomic mass is 10.1. The number of aliphatic carboxylic acids is 1. The molecule has 1 aromatic rings. The molecule has 0 spiro atoms. The van der Waals surface area contributed by atoms with Crippen molar-refractivity contribution in [3.8, 4) is 0 Å². The molecule has 5 nitrogen and oxygen atoms in total. The van der Waals surface area contributed by atoms with Crippen LogP contribution in [0.2, 0.25) is 0 Å². The maximum atomic E-state index is 13.7. The third-order valence-electron chi connectivity index (χ3n) is 3.21. The Bertz CT molecular complexity index is 614. The van der Waals surface area contributed by atoms with Gasteiger partial charge in [-0.2, -0.15) is 4.31 Å². The molecule has 1 N–H and O–H groups in total. The van der Waals surface area contributed by atoms with Crippen LogP contribution in [0.3, 0.4) is 0 Å². The topological polar surface area (TPSA) is 74.7 Å². The summed E-state index contributed by atoms with van der Waals surface area (Å²) in [6.45, 7) is 1.66. The predicted octanol–water partition coefficient (Wildman–Crippen LogP) is 1.23. The first-order valence-electron chi connectivity index (χ1n) is 5.81. The molecular formula is C12H14FNO4S. The van der Waals surface area contributed by atoms with Gasteiger partial charge in [0, 0.05) is 13.1 Å². The van der Waals surface area contributed by atoms with Gasteiger partial charge in [-0.25, -0.2) is 12.8 Å². The lowest BCUT2D eigenvalue weighted by molar-refractivity contribution is -0.141. The van der Waals surface area contributed by atoms with Crippen LogP contribution in [0.1, 0.15) is 12.0 Å². The summed E-state index contributed by atoms with van der Waals surface area (Å²) in [6, 6.07) is 3.88. The fourth-order valence-electron chi connectivity index (χ4n) is 2.10. The summed E-state index contributed by atoms with van der Waals surface area (Å²) >= 11 is 0. The lowest BCUT2D eigenvalue weighted by Gasteiger charge is -2.16. The van der Waals surface area contributed by atoms with Gasteiger partial charge in [0.1, 0.15) is 10.7 Å². The minimum atomic E-state index is -3.96. The summed E-state index contributed by atoms with van der Waals surface area (Å²) in [5.74, 6) is -2.55. The molecule has 1 aliphatic rings. The highest BCUT2D eigenvalue weighted by molar-refractivity contribution is 7.89. The first-order valence-corrected chi connectivity index (χ1v) is 7.25. The summed E-state index contributed by atoms with van der Waals surface area (Å²) in [5, 5.41) is 8.86. The smallest absolute Gasteiger partial charge is 0.307 e. The Kier molecular flexibility index (Phi) is 3.60. The number of rotatable bonds is 3. The number of carboxylic acid groups (broad SMARTS) is 1. The Hall–Kier alpha value is -1.47. The van der Waals surface area contributed by atoms with Crippen molar-refractivity contribution in [1.29, 1.82) is 0 Å². The number of carbonyl (C=O) groups is 1. The number of hydrogen-bond acceptors (Lipinski definition) is 3. The van der Waals surface area contributed by atoms with Gasteiger partial charge in [0.25, 0.3) is 0 Å². The molecule has 0 bridgehead atoms. The van der Waals surface area contributed by atoms with Gasteiger partial charge in [0.2, 0.25) is 10.0 Å². The van der Waals surface area contributed by atoms with Gasteiger partial charge >= 0.3 is 5.97 Å². The van der Waals surface area contributed by atoms with Crippen LogP contribution >= 0.6 is 0 Å². The van der Waals surface area contributed by atoms with Gasteiger partial charge < -0.3 is 5.11 Å². The summed E-state index contributed by atoms with van der Waals surface area (Å²) in [7, 11) is -3.96. The molecule has 104 valence electrons. The molecule has 1 aliphatic heterocycles. The van der Waals surface area contributed by atoms with Crippen molar-refractivity contribution in [2.75, 3.05) is 13.1 Å². The molecule has 0 aromatic heterocycles. The van der Waals surface area contributed by atoms with E-state index in [4.69, 9.17) is 5.11 Å². The van der Waals surface area contributed by atoms with Gasteiger partial charge in [0.15, 0.2) is 0 Å². The number of benzene rings is 1. The second-order valence-corrected chi connectivity index (χ2v) is 6.53. The monoisotopic (exact) mass is 287 g/mol. The third kappa shape index (κ3) is 2.62. The van der Waals surface area contributed by atoms with Crippen LogP contribution in [-0.2, 0) is 14.8 Å². The van der Waals surface area contributed by atoms with E-state index in [0.717, 1.165) is 10.4 Å². The molecule has 0 saturated carbocycles. The van der Waals surface area contributed by atoms with Crippen molar-refractivity contribution in [2.45, 2.75) is 18.2 Å². The van der Waals surface area contributed by atoms with Gasteiger partial charge in [0.05, 0.1) is 5.92 Å². The second-order valence-electron chi connectivity index (χ2n) is 4.62. The minimum Gasteiger partial charge on any atom is -0.481 e. The number of nitrogens with zero attached hydrogens (tertiary/aromatic N) is 1. The van der Waals surface area contributed by atoms with Gasteiger partial charge in [-0.3, -0.25) is 4.79 Å². The summed E-state index contributed by atoms with van der Waals surface area (Å²) in [6.07, 6.45) is 0.252. The molecule has 1 atom stereocenters. The van der Waals surface area contributed by atoms with Crippen LogP contribution < -0.4 is 0 Å². The number of halogens is 1. The summed E-state index contributed by atoms with van der Waals surface area (Å²) in [5.41, 5.74) is 0.626. The molecule has 1 fully saturated rings. The van der Waals surface area contributed by atoms with Crippen molar-refractivity contribution >= 4 is 16.0 Å². The van der Waals surface area contributed by atoms with Crippen molar-refractivity contribution in [3.63, 3.8) is 0 Å². The zero-order chi connectivity index (χ0) is 14.2. The molecule has 0 amide bonds. The van der Waals surface area contributed by atoms with E-state index in [0.29, 0.717) is 5.56 Å². The number of hydrogen-bond donors (Lipinski definition) is 1. The van der Waals surface area contributed by atoms with E-state index in [2.05, 4.69) is 0 Å². The predicted molar refractivity (Wildman–Crippen MR) is 65.6 cm³/mol. The summed E-state index contributed by atoms with van der Waals surface area (Å²) < 4.78 is 39.2. The van der Waals surface area contributed by atoms with Crippen LogP contribution in [0.5, 0.6) is 0 Å². The maximum Gasteiger partial charge on any atom is 0.307 e. The largest absolute Gasteiger partial charge is 0.481 e. The molecule has 2 rings (SSSR count). The van der Waals surface area contributed by atoms with E-state index in [-0.39, 0.29) is 19.5 Å². The van der Waals surface area contributed by atoms with Gasteiger partial charge in [-0.05, 0) is 31.0 Å². The highest BCUT2D eigenvalue weighted by atomic mass is 32.2. The normalized spacial score (nSPS) is 20.6. The van der Waals surface area contributed by atoms with E-state index in [1.54, 1.807) is 6.92 Å².